The number of nitrogens with one attached hydrogen (secondary N) is 1. The number of rotatable bonds is 5. The van der Waals surface area contributed by atoms with Gasteiger partial charge in [-0.25, -0.2) is 4.39 Å². The highest BCUT2D eigenvalue weighted by Crippen LogP contribution is 2.18. The van der Waals surface area contributed by atoms with Crippen molar-refractivity contribution in [2.75, 3.05) is 13.1 Å². The molecule has 0 bridgehead atoms. The number of hydrogen-bond donors (Lipinski definition) is 1. The summed E-state index contributed by atoms with van der Waals surface area (Å²) in [6, 6.07) is 4.65. The molecule has 0 aromatic heterocycles. The van der Waals surface area contributed by atoms with Crippen molar-refractivity contribution in [3.63, 3.8) is 0 Å². The summed E-state index contributed by atoms with van der Waals surface area (Å²) in [4.78, 5) is 11.9. The van der Waals surface area contributed by atoms with Crippen LogP contribution in [0.15, 0.2) is 22.7 Å². The molecule has 4 heteroatoms. The number of hydrogen-bond acceptors (Lipinski definition) is 2. The van der Waals surface area contributed by atoms with Crippen molar-refractivity contribution in [3.8, 4) is 0 Å². The van der Waals surface area contributed by atoms with Gasteiger partial charge in [0.2, 0.25) is 0 Å². The molecule has 1 aromatic carbocycles. The van der Waals surface area contributed by atoms with E-state index in [0.29, 0.717) is 23.2 Å². The first-order chi connectivity index (χ1) is 9.13. The SMILES string of the molecule is O=C(CCC1CCCNC1)Cc1cc(F)cc(Br)c1. The first-order valence-electron chi connectivity index (χ1n) is 6.81. The fraction of sp³-hybridized carbons (Fsp3) is 0.533. The molecule has 2 nitrogen and oxygen atoms in total. The molecule has 0 amide bonds. The van der Waals surface area contributed by atoms with Gasteiger partial charge in [-0.2, -0.15) is 0 Å². The molecule has 0 spiro atoms. The summed E-state index contributed by atoms with van der Waals surface area (Å²) < 4.78 is 13.9. The second-order valence-corrected chi connectivity index (χ2v) is 6.16. The first-order valence-corrected chi connectivity index (χ1v) is 7.60. The zero-order chi connectivity index (χ0) is 13.7. The summed E-state index contributed by atoms with van der Waals surface area (Å²) in [6.07, 6.45) is 4.29. The molecule has 1 aliphatic rings. The maximum absolute atomic E-state index is 13.2. The number of Topliss-reactive ketones (excluding diaryl/α,β-unsaturated/α-hetero) is 1. The smallest absolute Gasteiger partial charge is 0.137 e. The van der Waals surface area contributed by atoms with Crippen LogP contribution in [0.2, 0.25) is 0 Å². The van der Waals surface area contributed by atoms with Crippen molar-refractivity contribution in [1.29, 1.82) is 0 Å². The Morgan fingerprint density at radius 1 is 1.42 bits per heavy atom. The molecule has 104 valence electrons. The molecule has 1 saturated heterocycles. The quantitative estimate of drug-likeness (QED) is 0.897. The minimum atomic E-state index is -0.298. The first kappa shape index (κ1) is 14.7. The van der Waals surface area contributed by atoms with Crippen molar-refractivity contribution < 1.29 is 9.18 Å². The maximum atomic E-state index is 13.2. The van der Waals surface area contributed by atoms with Gasteiger partial charge in [-0.3, -0.25) is 4.79 Å². The van der Waals surface area contributed by atoms with Gasteiger partial charge in [-0.05, 0) is 62.0 Å². The number of ketones is 1. The summed E-state index contributed by atoms with van der Waals surface area (Å²) in [7, 11) is 0. The van der Waals surface area contributed by atoms with Crippen LogP contribution in [0, 0.1) is 11.7 Å². The van der Waals surface area contributed by atoms with Crippen LogP contribution in [-0.4, -0.2) is 18.9 Å². The van der Waals surface area contributed by atoms with E-state index in [4.69, 9.17) is 0 Å². The Labute approximate surface area is 121 Å². The second-order valence-electron chi connectivity index (χ2n) is 5.24. The molecule has 1 atom stereocenters. The van der Waals surface area contributed by atoms with Crippen LogP contribution in [0.4, 0.5) is 4.39 Å². The van der Waals surface area contributed by atoms with Crippen LogP contribution in [0.1, 0.15) is 31.2 Å². The fourth-order valence-corrected chi connectivity index (χ4v) is 3.08. The molecule has 2 rings (SSSR count). The third-order valence-electron chi connectivity index (χ3n) is 3.55. The second kappa shape index (κ2) is 7.15. The molecule has 1 fully saturated rings. The van der Waals surface area contributed by atoms with Crippen LogP contribution in [-0.2, 0) is 11.2 Å². The Morgan fingerprint density at radius 3 is 2.95 bits per heavy atom. The van der Waals surface area contributed by atoms with Crippen molar-refractivity contribution in [2.45, 2.75) is 32.1 Å². The third kappa shape index (κ3) is 5.03. The lowest BCUT2D eigenvalue weighted by Gasteiger charge is -2.22. The molecule has 1 heterocycles. The van der Waals surface area contributed by atoms with Crippen LogP contribution in [0.3, 0.4) is 0 Å². The van der Waals surface area contributed by atoms with Gasteiger partial charge in [-0.15, -0.1) is 0 Å². The van der Waals surface area contributed by atoms with Gasteiger partial charge in [-0.1, -0.05) is 15.9 Å². The number of carbonyl (C=O) groups excluding carboxylic acids is 1. The summed E-state index contributed by atoms with van der Waals surface area (Å²) in [6.45, 7) is 2.13. The topological polar surface area (TPSA) is 29.1 Å². The lowest BCUT2D eigenvalue weighted by atomic mass is 9.92. The number of carbonyl (C=O) groups is 1. The largest absolute Gasteiger partial charge is 0.316 e. The zero-order valence-electron chi connectivity index (χ0n) is 10.9. The molecular weight excluding hydrogens is 309 g/mol. The highest BCUT2D eigenvalue weighted by Gasteiger charge is 2.14. The van der Waals surface area contributed by atoms with E-state index in [1.165, 1.54) is 25.0 Å². The molecule has 0 aliphatic carbocycles. The Kier molecular flexibility index (Phi) is 5.52. The predicted octanol–water partition coefficient (Wildman–Crippen LogP) is 3.48. The lowest BCUT2D eigenvalue weighted by molar-refractivity contribution is -0.118. The van der Waals surface area contributed by atoms with Gasteiger partial charge in [0.15, 0.2) is 0 Å². The standard InChI is InChI=1S/C15H19BrFNO/c16-13-6-12(7-14(17)9-13)8-15(19)4-3-11-2-1-5-18-10-11/h6-7,9,11,18H,1-5,8,10H2. The summed E-state index contributed by atoms with van der Waals surface area (Å²) >= 11 is 3.24. The lowest BCUT2D eigenvalue weighted by Crippen LogP contribution is -2.30. The Hall–Kier alpha value is -0.740. The highest BCUT2D eigenvalue weighted by molar-refractivity contribution is 9.10. The highest BCUT2D eigenvalue weighted by atomic mass is 79.9. The average Bonchev–Trinajstić information content (AvgIpc) is 2.36. The van der Waals surface area contributed by atoms with Crippen molar-refractivity contribution in [2.24, 2.45) is 5.92 Å². The Bertz CT molecular complexity index is 424. The minimum Gasteiger partial charge on any atom is -0.316 e. The maximum Gasteiger partial charge on any atom is 0.137 e. The minimum absolute atomic E-state index is 0.197. The van der Waals surface area contributed by atoms with Crippen LogP contribution < -0.4 is 5.32 Å². The van der Waals surface area contributed by atoms with E-state index in [-0.39, 0.29) is 11.6 Å². The van der Waals surface area contributed by atoms with Crippen LogP contribution >= 0.6 is 15.9 Å². The molecule has 1 N–H and O–H groups in total. The normalized spacial score (nSPS) is 19.4. The molecule has 0 saturated carbocycles. The van der Waals surface area contributed by atoms with Gasteiger partial charge >= 0.3 is 0 Å². The predicted molar refractivity (Wildman–Crippen MR) is 77.6 cm³/mol. The van der Waals surface area contributed by atoms with E-state index < -0.39 is 0 Å². The number of benzene rings is 1. The van der Waals surface area contributed by atoms with E-state index in [0.717, 1.165) is 25.1 Å². The average molecular weight is 328 g/mol. The van der Waals surface area contributed by atoms with E-state index in [1.807, 2.05) is 6.07 Å². The fourth-order valence-electron chi connectivity index (χ4n) is 2.56. The van der Waals surface area contributed by atoms with Gasteiger partial charge in [0.25, 0.3) is 0 Å². The van der Waals surface area contributed by atoms with Gasteiger partial charge in [0.05, 0.1) is 0 Å². The van der Waals surface area contributed by atoms with Gasteiger partial charge in [0.1, 0.15) is 11.6 Å². The van der Waals surface area contributed by atoms with Crippen LogP contribution in [0.25, 0.3) is 0 Å². The summed E-state index contributed by atoms with van der Waals surface area (Å²) in [5.74, 6) is 0.522. The monoisotopic (exact) mass is 327 g/mol. The molecular formula is C15H19BrFNO. The van der Waals surface area contributed by atoms with E-state index in [9.17, 15) is 9.18 Å². The zero-order valence-corrected chi connectivity index (χ0v) is 12.5. The molecule has 0 radical (unpaired) electrons. The van der Waals surface area contributed by atoms with Crippen LogP contribution in [0.5, 0.6) is 0 Å². The molecule has 1 unspecified atom stereocenters. The van der Waals surface area contributed by atoms with Gasteiger partial charge < -0.3 is 5.32 Å². The summed E-state index contributed by atoms with van der Waals surface area (Å²) in [5.41, 5.74) is 0.749. The molecule has 19 heavy (non-hydrogen) atoms. The van der Waals surface area contributed by atoms with E-state index in [2.05, 4.69) is 21.2 Å². The molecule has 1 aromatic rings. The Morgan fingerprint density at radius 2 is 2.26 bits per heavy atom. The molecule has 1 aliphatic heterocycles. The van der Waals surface area contributed by atoms with E-state index >= 15 is 0 Å². The number of piperidine rings is 1. The van der Waals surface area contributed by atoms with E-state index in [1.54, 1.807) is 0 Å². The number of halogens is 2. The van der Waals surface area contributed by atoms with Crippen molar-refractivity contribution in [3.05, 3.63) is 34.1 Å². The van der Waals surface area contributed by atoms with Crippen molar-refractivity contribution in [1.82, 2.24) is 5.32 Å². The van der Waals surface area contributed by atoms with Gasteiger partial charge in [0, 0.05) is 17.3 Å². The Balaban J connectivity index is 1.80. The third-order valence-corrected chi connectivity index (χ3v) is 4.01. The summed E-state index contributed by atoms with van der Waals surface area (Å²) in [5, 5.41) is 3.36. The van der Waals surface area contributed by atoms with Crippen molar-refractivity contribution >= 4 is 21.7 Å².